The maximum atomic E-state index is 13.2. The highest BCUT2D eigenvalue weighted by Gasteiger charge is 2.47. The second-order valence-corrected chi connectivity index (χ2v) is 7.90. The Bertz CT molecular complexity index is 1380. The van der Waals surface area contributed by atoms with Gasteiger partial charge in [-0.2, -0.15) is 0 Å². The molecule has 6 heteroatoms. The fraction of sp³-hybridized carbons (Fsp3) is 0.0385. The van der Waals surface area contributed by atoms with E-state index in [2.05, 4.69) is 4.98 Å². The van der Waals surface area contributed by atoms with Gasteiger partial charge in [0.25, 0.3) is 11.7 Å². The quantitative estimate of drug-likeness (QED) is 0.259. The summed E-state index contributed by atoms with van der Waals surface area (Å²) < 4.78 is 0. The van der Waals surface area contributed by atoms with Crippen molar-refractivity contribution in [3.63, 3.8) is 0 Å². The first-order chi connectivity index (χ1) is 15.5. The number of carbonyl (C=O) groups excluding carboxylic acids is 2. The molecule has 32 heavy (non-hydrogen) atoms. The van der Waals surface area contributed by atoms with Gasteiger partial charge in [0.15, 0.2) is 0 Å². The Morgan fingerprint density at radius 3 is 2.31 bits per heavy atom. The van der Waals surface area contributed by atoms with Gasteiger partial charge in [-0.25, -0.2) is 0 Å². The van der Waals surface area contributed by atoms with Gasteiger partial charge in [0, 0.05) is 22.5 Å². The summed E-state index contributed by atoms with van der Waals surface area (Å²) in [6.07, 6.45) is 1.59. The molecule has 1 aliphatic heterocycles. The van der Waals surface area contributed by atoms with Crippen LogP contribution in [0.4, 0.5) is 5.69 Å². The predicted octanol–water partition coefficient (Wildman–Crippen LogP) is 5.51. The number of aliphatic hydroxyl groups is 1. The third-order valence-electron chi connectivity index (χ3n) is 5.54. The standard InChI is InChI=1S/C26H17ClN2O3/c27-19-10-12-20(13-11-19)29-23(21-7-3-4-14-28-21)22(25(31)26(29)32)24(30)18-9-8-16-5-1-2-6-17(16)15-18/h1-15,23,30H/b24-22-. The fourth-order valence-corrected chi connectivity index (χ4v) is 4.14. The molecule has 1 saturated heterocycles. The molecule has 0 bridgehead atoms. The van der Waals surface area contributed by atoms with Gasteiger partial charge in [-0.3, -0.25) is 19.5 Å². The molecule has 5 rings (SSSR count). The lowest BCUT2D eigenvalue weighted by atomic mass is 9.97. The number of hydrogen-bond acceptors (Lipinski definition) is 4. The molecule has 1 aromatic heterocycles. The van der Waals surface area contributed by atoms with Crippen LogP contribution in [-0.4, -0.2) is 21.8 Å². The molecule has 0 aliphatic carbocycles. The van der Waals surface area contributed by atoms with Gasteiger partial charge in [-0.05, 0) is 53.2 Å². The number of aliphatic hydroxyl groups excluding tert-OH is 1. The van der Waals surface area contributed by atoms with E-state index in [4.69, 9.17) is 11.6 Å². The van der Waals surface area contributed by atoms with Crippen molar-refractivity contribution in [2.75, 3.05) is 4.90 Å². The number of nitrogens with zero attached hydrogens (tertiary/aromatic N) is 2. The van der Waals surface area contributed by atoms with E-state index >= 15 is 0 Å². The van der Waals surface area contributed by atoms with Crippen LogP contribution in [0.3, 0.4) is 0 Å². The van der Waals surface area contributed by atoms with E-state index in [1.807, 2.05) is 30.3 Å². The van der Waals surface area contributed by atoms with Crippen LogP contribution >= 0.6 is 11.6 Å². The lowest BCUT2D eigenvalue weighted by Crippen LogP contribution is -2.29. The number of benzene rings is 3. The number of halogens is 1. The summed E-state index contributed by atoms with van der Waals surface area (Å²) in [7, 11) is 0. The highest BCUT2D eigenvalue weighted by atomic mass is 35.5. The molecule has 2 heterocycles. The Hall–Kier alpha value is -3.96. The van der Waals surface area contributed by atoms with Crippen LogP contribution in [0.5, 0.6) is 0 Å². The van der Waals surface area contributed by atoms with Crippen LogP contribution in [0.2, 0.25) is 5.02 Å². The average molecular weight is 441 g/mol. The minimum absolute atomic E-state index is 0.000990. The van der Waals surface area contributed by atoms with Crippen molar-refractivity contribution in [2.45, 2.75) is 6.04 Å². The van der Waals surface area contributed by atoms with E-state index < -0.39 is 17.7 Å². The Balaban J connectivity index is 1.72. The van der Waals surface area contributed by atoms with E-state index in [0.29, 0.717) is 22.0 Å². The molecule has 5 nitrogen and oxygen atoms in total. The summed E-state index contributed by atoms with van der Waals surface area (Å²) in [6, 6.07) is 24.1. The van der Waals surface area contributed by atoms with Crippen LogP contribution in [0.15, 0.2) is 96.7 Å². The highest BCUT2D eigenvalue weighted by molar-refractivity contribution is 6.51. The van der Waals surface area contributed by atoms with Gasteiger partial charge < -0.3 is 5.11 Å². The molecule has 0 saturated carbocycles. The Morgan fingerprint density at radius 1 is 0.875 bits per heavy atom. The van der Waals surface area contributed by atoms with Crippen LogP contribution in [0, 0.1) is 0 Å². The first-order valence-electron chi connectivity index (χ1n) is 10.0. The maximum absolute atomic E-state index is 13.2. The second kappa shape index (κ2) is 7.94. The van der Waals surface area contributed by atoms with Crippen molar-refractivity contribution >= 4 is 45.5 Å². The number of Topliss-reactive ketones (excluding diaryl/α,β-unsaturated/α-hetero) is 1. The third kappa shape index (κ3) is 3.33. The SMILES string of the molecule is O=C1C(=O)N(c2ccc(Cl)cc2)C(c2ccccn2)/C1=C(/O)c1ccc2ccccc2c1. The number of rotatable bonds is 3. The molecule has 3 aromatic carbocycles. The van der Waals surface area contributed by atoms with Crippen molar-refractivity contribution in [3.05, 3.63) is 113 Å². The number of ketones is 1. The zero-order valence-electron chi connectivity index (χ0n) is 16.8. The molecule has 156 valence electrons. The number of amides is 1. The molecule has 1 atom stereocenters. The molecule has 1 fully saturated rings. The zero-order valence-corrected chi connectivity index (χ0v) is 17.5. The van der Waals surface area contributed by atoms with Crippen molar-refractivity contribution in [1.29, 1.82) is 0 Å². The number of hydrogen-bond donors (Lipinski definition) is 1. The van der Waals surface area contributed by atoms with Crippen LogP contribution < -0.4 is 4.90 Å². The van der Waals surface area contributed by atoms with E-state index in [0.717, 1.165) is 10.8 Å². The van der Waals surface area contributed by atoms with E-state index in [-0.39, 0.29) is 11.3 Å². The van der Waals surface area contributed by atoms with Gasteiger partial charge in [0.2, 0.25) is 0 Å². The summed E-state index contributed by atoms with van der Waals surface area (Å²) >= 11 is 6.01. The van der Waals surface area contributed by atoms with E-state index in [1.165, 1.54) is 4.90 Å². The van der Waals surface area contributed by atoms with Crippen molar-refractivity contribution < 1.29 is 14.7 Å². The van der Waals surface area contributed by atoms with Gasteiger partial charge in [-0.15, -0.1) is 0 Å². The van der Waals surface area contributed by atoms with Crippen molar-refractivity contribution in [1.82, 2.24) is 4.98 Å². The zero-order chi connectivity index (χ0) is 22.2. The molecule has 0 radical (unpaired) electrons. The lowest BCUT2D eigenvalue weighted by molar-refractivity contribution is -0.132. The first-order valence-corrected chi connectivity index (χ1v) is 10.4. The number of carbonyl (C=O) groups is 2. The summed E-state index contributed by atoms with van der Waals surface area (Å²) in [5.41, 5.74) is 1.42. The van der Waals surface area contributed by atoms with Gasteiger partial charge in [0.05, 0.1) is 11.3 Å². The lowest BCUT2D eigenvalue weighted by Gasteiger charge is -2.24. The molecule has 0 spiro atoms. The Labute approximate surface area is 189 Å². The van der Waals surface area contributed by atoms with Gasteiger partial charge in [0.1, 0.15) is 11.8 Å². The third-order valence-corrected chi connectivity index (χ3v) is 5.79. The normalized spacial score (nSPS) is 17.8. The minimum Gasteiger partial charge on any atom is -0.507 e. The molecular formula is C26H17ClN2O3. The maximum Gasteiger partial charge on any atom is 0.300 e. The number of fused-ring (bicyclic) bond motifs is 1. The number of anilines is 1. The summed E-state index contributed by atoms with van der Waals surface area (Å²) in [6.45, 7) is 0. The van der Waals surface area contributed by atoms with Crippen molar-refractivity contribution in [2.24, 2.45) is 0 Å². The van der Waals surface area contributed by atoms with E-state index in [9.17, 15) is 14.7 Å². The van der Waals surface area contributed by atoms with E-state index in [1.54, 1.807) is 60.8 Å². The monoisotopic (exact) mass is 440 g/mol. The van der Waals surface area contributed by atoms with Crippen molar-refractivity contribution in [3.8, 4) is 0 Å². The second-order valence-electron chi connectivity index (χ2n) is 7.46. The summed E-state index contributed by atoms with van der Waals surface area (Å²) in [5, 5.41) is 13.7. The average Bonchev–Trinajstić information content (AvgIpc) is 3.10. The smallest absolute Gasteiger partial charge is 0.300 e. The van der Waals surface area contributed by atoms with Crippen LogP contribution in [0.25, 0.3) is 16.5 Å². The number of aromatic nitrogens is 1. The number of pyridine rings is 1. The minimum atomic E-state index is -0.871. The van der Waals surface area contributed by atoms with Crippen LogP contribution in [-0.2, 0) is 9.59 Å². The van der Waals surface area contributed by atoms with Gasteiger partial charge in [-0.1, -0.05) is 54.1 Å². The molecule has 4 aromatic rings. The Morgan fingerprint density at radius 2 is 1.59 bits per heavy atom. The molecule has 1 N–H and O–H groups in total. The summed E-state index contributed by atoms with van der Waals surface area (Å²) in [5.74, 6) is -1.73. The van der Waals surface area contributed by atoms with Gasteiger partial charge >= 0.3 is 0 Å². The first kappa shape index (κ1) is 20.0. The summed E-state index contributed by atoms with van der Waals surface area (Å²) in [4.78, 5) is 32.0. The Kier molecular flexibility index (Phi) is 4.96. The molecule has 1 aliphatic rings. The molecular weight excluding hydrogens is 424 g/mol. The predicted molar refractivity (Wildman–Crippen MR) is 124 cm³/mol. The van der Waals surface area contributed by atoms with Crippen LogP contribution in [0.1, 0.15) is 17.3 Å². The molecule has 1 amide bonds. The largest absolute Gasteiger partial charge is 0.507 e. The highest BCUT2D eigenvalue weighted by Crippen LogP contribution is 2.41. The molecule has 1 unspecified atom stereocenters. The topological polar surface area (TPSA) is 70.5 Å². The fourth-order valence-electron chi connectivity index (χ4n) is 4.01.